The van der Waals surface area contributed by atoms with E-state index in [1.54, 1.807) is 36.4 Å². The highest BCUT2D eigenvalue weighted by molar-refractivity contribution is 7.19. The Kier molecular flexibility index (Phi) is 3.20. The molecule has 1 aromatic heterocycles. The zero-order chi connectivity index (χ0) is 15.8. The first-order valence-corrected chi connectivity index (χ1v) is 7.81. The van der Waals surface area contributed by atoms with Crippen LogP contribution in [-0.2, 0) is 9.53 Å². The lowest BCUT2D eigenvalue weighted by atomic mass is 10.1. The van der Waals surface area contributed by atoms with E-state index < -0.39 is 5.97 Å². The second-order valence-corrected chi connectivity index (χ2v) is 6.11. The molecule has 0 saturated carbocycles. The standard InChI is InChI=1S/C18H11NO3S/c20-13-7-5-11(6-8-13)9-12-10-15(22-18(12)21)17-19-14-3-1-2-4-16(14)23-17/h1-10,20H/b12-9+. The molecule has 1 aliphatic heterocycles. The van der Waals surface area contributed by atoms with Gasteiger partial charge in [0.2, 0.25) is 0 Å². The molecule has 3 aromatic rings. The van der Waals surface area contributed by atoms with Crippen molar-refractivity contribution in [3.05, 3.63) is 70.8 Å². The molecule has 5 heteroatoms. The van der Waals surface area contributed by atoms with E-state index in [-0.39, 0.29) is 5.75 Å². The van der Waals surface area contributed by atoms with Gasteiger partial charge < -0.3 is 9.84 Å². The Balaban J connectivity index is 1.70. The fourth-order valence-electron chi connectivity index (χ4n) is 2.32. The monoisotopic (exact) mass is 321 g/mol. The Morgan fingerprint density at radius 1 is 1.09 bits per heavy atom. The van der Waals surface area contributed by atoms with E-state index in [1.807, 2.05) is 24.3 Å². The van der Waals surface area contributed by atoms with Crippen LogP contribution in [0.1, 0.15) is 10.6 Å². The molecule has 4 rings (SSSR count). The number of ether oxygens (including phenoxy) is 1. The average molecular weight is 321 g/mol. The minimum Gasteiger partial charge on any atom is -0.508 e. The topological polar surface area (TPSA) is 59.4 Å². The number of aromatic hydroxyl groups is 1. The summed E-state index contributed by atoms with van der Waals surface area (Å²) in [6, 6.07) is 14.4. The average Bonchev–Trinajstić information content (AvgIpc) is 3.13. The number of carbonyl (C=O) groups excluding carboxylic acids is 1. The van der Waals surface area contributed by atoms with E-state index in [9.17, 15) is 9.90 Å². The lowest BCUT2D eigenvalue weighted by Gasteiger charge is -1.96. The SMILES string of the molecule is O=C1OC(c2nc3ccccc3s2)=C/C1=C\c1ccc(O)cc1. The molecular weight excluding hydrogens is 310 g/mol. The number of carbonyl (C=O) groups is 1. The van der Waals surface area contributed by atoms with E-state index in [2.05, 4.69) is 4.98 Å². The number of nitrogens with zero attached hydrogens (tertiary/aromatic N) is 1. The summed E-state index contributed by atoms with van der Waals surface area (Å²) in [5, 5.41) is 9.99. The second kappa shape index (κ2) is 5.37. The largest absolute Gasteiger partial charge is 0.508 e. The molecule has 0 fully saturated rings. The van der Waals surface area contributed by atoms with Gasteiger partial charge in [-0.15, -0.1) is 11.3 Å². The number of esters is 1. The van der Waals surface area contributed by atoms with Gasteiger partial charge in [0.25, 0.3) is 0 Å². The number of rotatable bonds is 2. The highest BCUT2D eigenvalue weighted by Crippen LogP contribution is 2.32. The van der Waals surface area contributed by atoms with Crippen LogP contribution in [0.3, 0.4) is 0 Å². The van der Waals surface area contributed by atoms with Gasteiger partial charge in [0.05, 0.1) is 15.8 Å². The van der Waals surface area contributed by atoms with Crippen molar-refractivity contribution < 1.29 is 14.6 Å². The molecule has 0 bridgehead atoms. The third-order valence-corrected chi connectivity index (χ3v) is 4.50. The molecule has 0 aliphatic carbocycles. The number of phenols is 1. The van der Waals surface area contributed by atoms with Crippen molar-refractivity contribution in [2.45, 2.75) is 0 Å². The summed E-state index contributed by atoms with van der Waals surface area (Å²) >= 11 is 1.49. The zero-order valence-corrected chi connectivity index (χ0v) is 12.7. The van der Waals surface area contributed by atoms with Gasteiger partial charge in [-0.1, -0.05) is 24.3 Å². The van der Waals surface area contributed by atoms with E-state index in [0.29, 0.717) is 16.3 Å². The predicted octanol–water partition coefficient (Wildman–Crippen LogP) is 3.98. The van der Waals surface area contributed by atoms with Crippen molar-refractivity contribution in [2.24, 2.45) is 0 Å². The number of cyclic esters (lactones) is 1. The molecule has 0 spiro atoms. The summed E-state index contributed by atoms with van der Waals surface area (Å²) in [7, 11) is 0. The summed E-state index contributed by atoms with van der Waals surface area (Å²) in [4.78, 5) is 16.5. The number of thiazole rings is 1. The zero-order valence-electron chi connectivity index (χ0n) is 11.9. The Bertz CT molecular complexity index is 934. The van der Waals surface area contributed by atoms with Crippen LogP contribution in [-0.4, -0.2) is 16.1 Å². The molecule has 0 radical (unpaired) electrons. The normalized spacial score (nSPS) is 15.9. The van der Waals surface area contributed by atoms with Crippen molar-refractivity contribution in [3.63, 3.8) is 0 Å². The molecule has 2 heterocycles. The first kappa shape index (κ1) is 13.7. The number of benzene rings is 2. The van der Waals surface area contributed by atoms with E-state index in [0.717, 1.165) is 15.8 Å². The Labute approximate surface area is 136 Å². The summed E-state index contributed by atoms with van der Waals surface area (Å²) in [6.07, 6.45) is 3.43. The number of phenolic OH excluding ortho intramolecular Hbond substituents is 1. The molecule has 23 heavy (non-hydrogen) atoms. The number of aromatic nitrogens is 1. The van der Waals surface area contributed by atoms with Gasteiger partial charge >= 0.3 is 5.97 Å². The number of hydrogen-bond donors (Lipinski definition) is 1. The number of para-hydroxylation sites is 1. The maximum Gasteiger partial charge on any atom is 0.343 e. The number of hydrogen-bond acceptors (Lipinski definition) is 5. The lowest BCUT2D eigenvalue weighted by molar-refractivity contribution is -0.130. The second-order valence-electron chi connectivity index (χ2n) is 5.08. The predicted molar refractivity (Wildman–Crippen MR) is 89.8 cm³/mol. The van der Waals surface area contributed by atoms with Crippen molar-refractivity contribution in [3.8, 4) is 5.75 Å². The van der Waals surface area contributed by atoms with Gasteiger partial charge in [0.1, 0.15) is 5.75 Å². The van der Waals surface area contributed by atoms with Crippen LogP contribution in [0.2, 0.25) is 0 Å². The van der Waals surface area contributed by atoms with E-state index in [4.69, 9.17) is 4.74 Å². The molecule has 4 nitrogen and oxygen atoms in total. The smallest absolute Gasteiger partial charge is 0.343 e. The fourth-order valence-corrected chi connectivity index (χ4v) is 3.24. The van der Waals surface area contributed by atoms with Gasteiger partial charge in [0, 0.05) is 0 Å². The highest BCUT2D eigenvalue weighted by Gasteiger charge is 2.24. The molecule has 112 valence electrons. The third-order valence-electron chi connectivity index (χ3n) is 3.44. The molecule has 0 unspecified atom stereocenters. The Morgan fingerprint density at radius 3 is 2.65 bits per heavy atom. The van der Waals surface area contributed by atoms with Crippen LogP contribution < -0.4 is 0 Å². The fraction of sp³-hybridized carbons (Fsp3) is 0. The molecule has 0 atom stereocenters. The van der Waals surface area contributed by atoms with Crippen molar-refractivity contribution in [1.82, 2.24) is 4.98 Å². The molecule has 1 N–H and O–H groups in total. The lowest BCUT2D eigenvalue weighted by Crippen LogP contribution is -1.96. The number of fused-ring (bicyclic) bond motifs is 1. The Morgan fingerprint density at radius 2 is 1.87 bits per heavy atom. The van der Waals surface area contributed by atoms with Gasteiger partial charge in [0.15, 0.2) is 10.8 Å². The minimum absolute atomic E-state index is 0.187. The maximum atomic E-state index is 12.0. The highest BCUT2D eigenvalue weighted by atomic mass is 32.1. The van der Waals surface area contributed by atoms with Crippen molar-refractivity contribution in [2.75, 3.05) is 0 Å². The van der Waals surface area contributed by atoms with Crippen molar-refractivity contribution in [1.29, 1.82) is 0 Å². The quantitative estimate of drug-likeness (QED) is 0.573. The molecule has 2 aromatic carbocycles. The van der Waals surface area contributed by atoms with Gasteiger partial charge in [-0.25, -0.2) is 9.78 Å². The summed E-state index contributed by atoms with van der Waals surface area (Å²) in [5.74, 6) is 0.264. The molecule has 0 saturated heterocycles. The first-order chi connectivity index (χ1) is 11.2. The molecule has 1 aliphatic rings. The summed E-state index contributed by atoms with van der Waals surface area (Å²) < 4.78 is 6.39. The molecule has 0 amide bonds. The van der Waals surface area contributed by atoms with Crippen LogP contribution in [0, 0.1) is 0 Å². The van der Waals surface area contributed by atoms with E-state index >= 15 is 0 Å². The van der Waals surface area contributed by atoms with Gasteiger partial charge in [-0.2, -0.15) is 0 Å². The molecular formula is C18H11NO3S. The van der Waals surface area contributed by atoms with Crippen LogP contribution in [0.4, 0.5) is 0 Å². The van der Waals surface area contributed by atoms with Crippen LogP contribution in [0.5, 0.6) is 5.75 Å². The summed E-state index contributed by atoms with van der Waals surface area (Å²) in [6.45, 7) is 0. The van der Waals surface area contributed by atoms with Gasteiger partial charge in [-0.05, 0) is 42.0 Å². The van der Waals surface area contributed by atoms with E-state index in [1.165, 1.54) is 11.3 Å². The minimum atomic E-state index is -0.396. The summed E-state index contributed by atoms with van der Waals surface area (Å²) in [5.41, 5.74) is 2.17. The van der Waals surface area contributed by atoms with Crippen LogP contribution in [0.25, 0.3) is 22.1 Å². The van der Waals surface area contributed by atoms with Gasteiger partial charge in [-0.3, -0.25) is 0 Å². The van der Waals surface area contributed by atoms with Crippen LogP contribution in [0.15, 0.2) is 60.2 Å². The van der Waals surface area contributed by atoms with Crippen molar-refractivity contribution >= 4 is 39.4 Å². The maximum absolute atomic E-state index is 12.0. The van der Waals surface area contributed by atoms with Crippen LogP contribution >= 0.6 is 11.3 Å². The Hall–Kier alpha value is -2.92. The third kappa shape index (κ3) is 2.62. The first-order valence-electron chi connectivity index (χ1n) is 6.99.